The largest absolute Gasteiger partial charge is 0.339 e. The highest BCUT2D eigenvalue weighted by atomic mass is 16.6. The monoisotopic (exact) mass is 605 g/mol. The van der Waals surface area contributed by atoms with E-state index >= 15 is 0 Å². The van der Waals surface area contributed by atoms with Crippen LogP contribution in [0.25, 0.3) is 0 Å². The first-order chi connectivity index (χ1) is 20.6. The third-order valence-corrected chi connectivity index (χ3v) is 10.2. The zero-order chi connectivity index (χ0) is 31.7. The third kappa shape index (κ3) is 13.3. The molecule has 0 aromatic heterocycles. The zero-order valence-electron chi connectivity index (χ0n) is 30.4. The molecule has 4 nitrogen and oxygen atoms in total. The zero-order valence-corrected chi connectivity index (χ0v) is 30.4. The highest BCUT2D eigenvalue weighted by Gasteiger charge is 2.64. The number of piperidine rings is 1. The van der Waals surface area contributed by atoms with Gasteiger partial charge < -0.3 is 15.0 Å². The lowest BCUT2D eigenvalue weighted by Crippen LogP contribution is -2.65. The van der Waals surface area contributed by atoms with Crippen molar-refractivity contribution in [3.63, 3.8) is 0 Å². The molecule has 0 unspecified atom stereocenters. The summed E-state index contributed by atoms with van der Waals surface area (Å²) in [6.07, 6.45) is 32.6. The lowest BCUT2D eigenvalue weighted by atomic mass is 9.72. The number of carbonyl (C=O) groups is 1. The Morgan fingerprint density at radius 1 is 0.558 bits per heavy atom. The van der Waals surface area contributed by atoms with Crippen LogP contribution in [-0.2, 0) is 9.53 Å². The molecule has 0 radical (unpaired) electrons. The molecule has 1 N–H and O–H groups in total. The van der Waals surface area contributed by atoms with E-state index in [2.05, 4.69) is 58.7 Å². The molecule has 2 fully saturated rings. The van der Waals surface area contributed by atoms with Crippen LogP contribution >= 0.6 is 0 Å². The summed E-state index contributed by atoms with van der Waals surface area (Å²) in [7, 11) is 0. The van der Waals surface area contributed by atoms with E-state index in [-0.39, 0.29) is 11.1 Å². The van der Waals surface area contributed by atoms with Crippen molar-refractivity contribution < 1.29 is 9.53 Å². The summed E-state index contributed by atoms with van der Waals surface area (Å²) < 4.78 is 7.28. The lowest BCUT2D eigenvalue weighted by molar-refractivity contribution is -0.176. The van der Waals surface area contributed by atoms with Crippen LogP contribution in [0.5, 0.6) is 0 Å². The molecular weight excluding hydrogens is 528 g/mol. The van der Waals surface area contributed by atoms with E-state index in [1.165, 1.54) is 122 Å². The van der Waals surface area contributed by atoms with Gasteiger partial charge in [-0.15, -0.1) is 0 Å². The fourth-order valence-electron chi connectivity index (χ4n) is 8.53. The van der Waals surface area contributed by atoms with Crippen molar-refractivity contribution >= 4 is 5.91 Å². The predicted octanol–water partition coefficient (Wildman–Crippen LogP) is 11.6. The van der Waals surface area contributed by atoms with Gasteiger partial charge in [0.25, 0.3) is 5.91 Å². The summed E-state index contributed by atoms with van der Waals surface area (Å²) in [6, 6.07) is 0. The van der Waals surface area contributed by atoms with Crippen LogP contribution in [0.2, 0.25) is 0 Å². The number of ether oxygens (including phenoxy) is 1. The molecule has 0 aromatic carbocycles. The van der Waals surface area contributed by atoms with Gasteiger partial charge in [-0.3, -0.25) is 4.79 Å². The van der Waals surface area contributed by atoms with E-state index in [0.29, 0.717) is 5.91 Å². The number of nitrogens with one attached hydrogen (secondary N) is 1. The summed E-state index contributed by atoms with van der Waals surface area (Å²) in [4.78, 5) is 16.8. The molecule has 2 aliphatic rings. The Labute approximate surface area is 269 Å². The first-order valence-electron chi connectivity index (χ1n) is 19.4. The number of nitrogens with zero attached hydrogens (tertiary/aromatic N) is 1. The Morgan fingerprint density at radius 2 is 0.907 bits per heavy atom. The highest BCUT2D eigenvalue weighted by Crippen LogP contribution is 2.50. The van der Waals surface area contributed by atoms with Crippen molar-refractivity contribution in [2.45, 2.75) is 238 Å². The molecule has 0 bridgehead atoms. The van der Waals surface area contributed by atoms with E-state index in [1.54, 1.807) is 0 Å². The molecule has 1 spiro atoms. The van der Waals surface area contributed by atoms with Crippen LogP contribution in [-0.4, -0.2) is 39.8 Å². The molecule has 0 aromatic rings. The van der Waals surface area contributed by atoms with Crippen molar-refractivity contribution in [1.29, 1.82) is 0 Å². The van der Waals surface area contributed by atoms with Crippen LogP contribution in [0.15, 0.2) is 0 Å². The second-order valence-corrected chi connectivity index (χ2v) is 16.0. The lowest BCUT2D eigenvalue weighted by Gasteiger charge is -2.50. The summed E-state index contributed by atoms with van der Waals surface area (Å²) in [6.45, 7) is 16.7. The summed E-state index contributed by atoms with van der Waals surface area (Å²) in [5.74, 6) is 0.295. The number of rotatable bonds is 25. The minimum Gasteiger partial charge on any atom is -0.339 e. The van der Waals surface area contributed by atoms with Crippen molar-refractivity contribution in [1.82, 2.24) is 10.2 Å². The smallest absolute Gasteiger partial charge is 0.257 e. The fourth-order valence-corrected chi connectivity index (χ4v) is 8.53. The Morgan fingerprint density at radius 3 is 1.30 bits per heavy atom. The summed E-state index contributed by atoms with van der Waals surface area (Å²) in [5, 5.41) is 3.80. The molecular formula is C39H76N2O2. The van der Waals surface area contributed by atoms with Gasteiger partial charge in [0.15, 0.2) is 5.60 Å². The molecule has 2 rings (SSSR count). The van der Waals surface area contributed by atoms with Crippen LogP contribution in [0.3, 0.4) is 0 Å². The van der Waals surface area contributed by atoms with Gasteiger partial charge in [-0.1, -0.05) is 143 Å². The molecule has 43 heavy (non-hydrogen) atoms. The molecule has 2 saturated heterocycles. The molecule has 0 atom stereocenters. The molecule has 254 valence electrons. The van der Waals surface area contributed by atoms with E-state index in [4.69, 9.17) is 4.74 Å². The van der Waals surface area contributed by atoms with Gasteiger partial charge in [-0.2, -0.15) is 0 Å². The quantitative estimate of drug-likeness (QED) is 0.105. The maximum absolute atomic E-state index is 14.5. The minimum absolute atomic E-state index is 0.125. The van der Waals surface area contributed by atoms with Crippen molar-refractivity contribution in [3.05, 3.63) is 0 Å². The number of carbonyl (C=O) groups excluding carboxylic acids is 1. The number of amides is 1. The number of hydrogen-bond acceptors (Lipinski definition) is 3. The average Bonchev–Trinajstić information content (AvgIpc) is 3.12. The van der Waals surface area contributed by atoms with Crippen molar-refractivity contribution in [2.75, 3.05) is 6.54 Å². The average molecular weight is 605 g/mol. The molecule has 0 aliphatic carbocycles. The Kier molecular flexibility index (Phi) is 17.8. The number of unbranched alkanes of at least 4 members (excludes halogenated alkanes) is 19. The first-order valence-corrected chi connectivity index (χ1v) is 19.4. The highest BCUT2D eigenvalue weighted by molar-refractivity contribution is 5.88. The maximum Gasteiger partial charge on any atom is 0.257 e. The van der Waals surface area contributed by atoms with Crippen molar-refractivity contribution in [2.24, 2.45) is 0 Å². The van der Waals surface area contributed by atoms with E-state index in [9.17, 15) is 4.79 Å². The van der Waals surface area contributed by atoms with Crippen LogP contribution < -0.4 is 5.32 Å². The molecule has 1 amide bonds. The van der Waals surface area contributed by atoms with Gasteiger partial charge in [0.2, 0.25) is 0 Å². The molecule has 2 heterocycles. The standard InChI is InChI=1S/C39H76N2O2/c1-8-11-14-15-16-17-18-19-20-21-22-23-24-25-26-29-32-41-35(42)38(33-36(4,5)40-37(6,7)34-38)43-39(41,30-27-12-9-2)31-28-13-10-3/h40H,8-34H2,1-7H3. The van der Waals surface area contributed by atoms with E-state index in [0.717, 1.165) is 51.5 Å². The van der Waals surface area contributed by atoms with Gasteiger partial charge >= 0.3 is 0 Å². The minimum atomic E-state index is -0.689. The van der Waals surface area contributed by atoms with Gasteiger partial charge in [-0.25, -0.2) is 0 Å². The van der Waals surface area contributed by atoms with Crippen molar-refractivity contribution in [3.8, 4) is 0 Å². The fraction of sp³-hybridized carbons (Fsp3) is 0.974. The summed E-state index contributed by atoms with van der Waals surface area (Å²) in [5.41, 5.74) is -1.35. The molecule has 2 aliphatic heterocycles. The topological polar surface area (TPSA) is 41.6 Å². The third-order valence-electron chi connectivity index (χ3n) is 10.2. The Balaban J connectivity index is 1.86. The van der Waals surface area contributed by atoms with Gasteiger partial charge in [-0.05, 0) is 59.8 Å². The normalized spacial score (nSPS) is 20.3. The van der Waals surface area contributed by atoms with E-state index < -0.39 is 11.3 Å². The predicted molar refractivity (Wildman–Crippen MR) is 187 cm³/mol. The molecule has 0 saturated carbocycles. The van der Waals surface area contributed by atoms with Crippen LogP contribution in [0.1, 0.15) is 215 Å². The van der Waals surface area contributed by atoms with Gasteiger partial charge in [0.1, 0.15) is 5.72 Å². The Bertz CT molecular complexity index is 720. The molecule has 4 heteroatoms. The summed E-state index contributed by atoms with van der Waals surface area (Å²) >= 11 is 0. The van der Waals surface area contributed by atoms with E-state index in [1.807, 2.05) is 0 Å². The number of hydrogen-bond donors (Lipinski definition) is 1. The second-order valence-electron chi connectivity index (χ2n) is 16.0. The Hall–Kier alpha value is -0.610. The SMILES string of the molecule is CCCCCCCCCCCCCCCCCCN1C(=O)C2(CC(C)(C)NC(C)(C)C2)OC1(CCCCC)CCCCC. The maximum atomic E-state index is 14.5. The first kappa shape index (κ1) is 38.6. The van der Waals surface area contributed by atoms with Gasteiger partial charge in [0.05, 0.1) is 0 Å². The van der Waals surface area contributed by atoms with Gasteiger partial charge in [0, 0.05) is 30.5 Å². The second kappa shape index (κ2) is 19.8. The van der Waals surface area contributed by atoms with Crippen LogP contribution in [0.4, 0.5) is 0 Å². The van der Waals surface area contributed by atoms with Crippen LogP contribution in [0, 0.1) is 0 Å².